The van der Waals surface area contributed by atoms with Crippen LogP contribution >= 0.6 is 34.5 Å². The van der Waals surface area contributed by atoms with Gasteiger partial charge in [-0.05, 0) is 19.1 Å². The fourth-order valence-corrected chi connectivity index (χ4v) is 2.87. The second kappa shape index (κ2) is 5.77. The number of thiazole rings is 1. The quantitative estimate of drug-likeness (QED) is 0.930. The van der Waals surface area contributed by atoms with Crippen LogP contribution in [0.15, 0.2) is 17.6 Å². The van der Waals surface area contributed by atoms with Crippen molar-refractivity contribution < 1.29 is 9.53 Å². The summed E-state index contributed by atoms with van der Waals surface area (Å²) in [4.78, 5) is 16.6. The number of benzene rings is 1. The van der Waals surface area contributed by atoms with E-state index in [1.165, 1.54) is 18.4 Å². The van der Waals surface area contributed by atoms with Crippen molar-refractivity contribution in [2.75, 3.05) is 12.4 Å². The molecule has 0 saturated heterocycles. The van der Waals surface area contributed by atoms with Crippen LogP contribution in [0.4, 0.5) is 5.69 Å². The Hall–Kier alpha value is -1.30. The van der Waals surface area contributed by atoms with Crippen LogP contribution in [0, 0.1) is 6.92 Å². The minimum Gasteiger partial charge on any atom is -0.494 e. The smallest absolute Gasteiger partial charge is 0.267 e. The SMILES string of the molecule is COc1c(Cl)cc(NC(=O)c2scnc2C)cc1Cl. The average Bonchev–Trinajstić information content (AvgIpc) is 2.75. The molecule has 100 valence electrons. The van der Waals surface area contributed by atoms with E-state index in [2.05, 4.69) is 10.3 Å². The Morgan fingerprint density at radius 1 is 1.37 bits per heavy atom. The molecule has 0 radical (unpaired) electrons. The van der Waals surface area contributed by atoms with E-state index in [1.54, 1.807) is 24.6 Å². The molecule has 0 aliphatic heterocycles. The van der Waals surface area contributed by atoms with Gasteiger partial charge in [-0.1, -0.05) is 23.2 Å². The summed E-state index contributed by atoms with van der Waals surface area (Å²) in [6, 6.07) is 3.17. The third kappa shape index (κ3) is 3.00. The van der Waals surface area contributed by atoms with E-state index in [9.17, 15) is 4.79 Å². The first kappa shape index (κ1) is 14.1. The lowest BCUT2D eigenvalue weighted by atomic mass is 10.3. The summed E-state index contributed by atoms with van der Waals surface area (Å²) in [5, 5.41) is 3.40. The minimum absolute atomic E-state index is 0.239. The standard InChI is InChI=1S/C12H10Cl2N2O2S/c1-6-11(19-5-15-6)12(17)16-7-3-8(13)10(18-2)9(14)4-7/h3-5H,1-2H3,(H,16,17). The maximum absolute atomic E-state index is 12.0. The van der Waals surface area contributed by atoms with E-state index in [0.29, 0.717) is 32.1 Å². The maximum atomic E-state index is 12.0. The largest absolute Gasteiger partial charge is 0.494 e. The van der Waals surface area contributed by atoms with E-state index in [1.807, 2.05) is 0 Å². The summed E-state index contributed by atoms with van der Waals surface area (Å²) in [6.07, 6.45) is 0. The maximum Gasteiger partial charge on any atom is 0.267 e. The van der Waals surface area contributed by atoms with Gasteiger partial charge >= 0.3 is 0 Å². The van der Waals surface area contributed by atoms with Crippen molar-refractivity contribution in [2.24, 2.45) is 0 Å². The van der Waals surface area contributed by atoms with Crippen molar-refractivity contribution in [3.63, 3.8) is 0 Å². The predicted molar refractivity (Wildman–Crippen MR) is 77.8 cm³/mol. The first-order chi connectivity index (χ1) is 9.02. The summed E-state index contributed by atoms with van der Waals surface area (Å²) in [7, 11) is 1.48. The molecule has 0 aliphatic rings. The number of hydrogen-bond acceptors (Lipinski definition) is 4. The summed E-state index contributed by atoms with van der Waals surface area (Å²) < 4.78 is 5.04. The van der Waals surface area contributed by atoms with Gasteiger partial charge in [0.15, 0.2) is 5.75 Å². The first-order valence-electron chi connectivity index (χ1n) is 5.27. The highest BCUT2D eigenvalue weighted by Crippen LogP contribution is 2.35. The molecule has 0 fully saturated rings. The van der Waals surface area contributed by atoms with Crippen LogP contribution in [-0.2, 0) is 0 Å². The van der Waals surface area contributed by atoms with Crippen molar-refractivity contribution in [3.05, 3.63) is 38.3 Å². The van der Waals surface area contributed by atoms with E-state index in [-0.39, 0.29) is 5.91 Å². The Labute approximate surface area is 124 Å². The number of ether oxygens (including phenoxy) is 1. The van der Waals surface area contributed by atoms with Crippen LogP contribution in [0.2, 0.25) is 10.0 Å². The minimum atomic E-state index is -0.239. The zero-order valence-corrected chi connectivity index (χ0v) is 12.5. The van der Waals surface area contributed by atoms with Gasteiger partial charge < -0.3 is 10.1 Å². The van der Waals surface area contributed by atoms with E-state index < -0.39 is 0 Å². The van der Waals surface area contributed by atoms with Gasteiger partial charge in [0.2, 0.25) is 0 Å². The predicted octanol–water partition coefficient (Wildman–Crippen LogP) is 4.02. The Bertz CT molecular complexity index is 605. The van der Waals surface area contributed by atoms with Crippen LogP contribution in [0.25, 0.3) is 0 Å². The Kier molecular flexibility index (Phi) is 4.29. The van der Waals surface area contributed by atoms with Gasteiger partial charge in [-0.25, -0.2) is 4.98 Å². The Morgan fingerprint density at radius 2 is 2.00 bits per heavy atom. The molecule has 0 spiro atoms. The van der Waals surface area contributed by atoms with Crippen molar-refractivity contribution in [1.29, 1.82) is 0 Å². The zero-order chi connectivity index (χ0) is 14.0. The molecule has 0 bridgehead atoms. The Morgan fingerprint density at radius 3 is 2.47 bits per heavy atom. The molecule has 1 aromatic heterocycles. The number of amides is 1. The number of aromatic nitrogens is 1. The molecule has 19 heavy (non-hydrogen) atoms. The highest BCUT2D eigenvalue weighted by atomic mass is 35.5. The van der Waals surface area contributed by atoms with Crippen LogP contribution in [0.1, 0.15) is 15.4 Å². The van der Waals surface area contributed by atoms with Gasteiger partial charge in [-0.3, -0.25) is 4.79 Å². The molecule has 4 nitrogen and oxygen atoms in total. The summed E-state index contributed by atoms with van der Waals surface area (Å²) in [5.41, 5.74) is 2.82. The van der Waals surface area contributed by atoms with Gasteiger partial charge in [0.25, 0.3) is 5.91 Å². The number of anilines is 1. The number of halogens is 2. The van der Waals surface area contributed by atoms with Gasteiger partial charge in [0.05, 0.1) is 28.4 Å². The average molecular weight is 317 g/mol. The summed E-state index contributed by atoms with van der Waals surface area (Å²) in [6.45, 7) is 1.78. The van der Waals surface area contributed by atoms with Gasteiger partial charge in [-0.2, -0.15) is 0 Å². The number of carbonyl (C=O) groups excluding carboxylic acids is 1. The van der Waals surface area contributed by atoms with E-state index >= 15 is 0 Å². The topological polar surface area (TPSA) is 51.2 Å². The number of nitrogens with zero attached hydrogens (tertiary/aromatic N) is 1. The molecule has 0 saturated carbocycles. The molecule has 2 rings (SSSR count). The molecule has 7 heteroatoms. The van der Waals surface area contributed by atoms with Crippen LogP contribution in [-0.4, -0.2) is 18.0 Å². The number of aryl methyl sites for hydroxylation is 1. The molecule has 1 amide bonds. The number of carbonyl (C=O) groups is 1. The van der Waals surface area contributed by atoms with Crippen molar-refractivity contribution in [2.45, 2.75) is 6.92 Å². The lowest BCUT2D eigenvalue weighted by Gasteiger charge is -2.09. The molecule has 1 N–H and O–H groups in total. The highest BCUT2D eigenvalue weighted by molar-refractivity contribution is 7.12. The summed E-state index contributed by atoms with van der Waals surface area (Å²) >= 11 is 13.3. The number of methoxy groups -OCH3 is 1. The van der Waals surface area contributed by atoms with Crippen LogP contribution in [0.3, 0.4) is 0 Å². The molecular formula is C12H10Cl2N2O2S. The van der Waals surface area contributed by atoms with Gasteiger partial charge in [0, 0.05) is 5.69 Å². The lowest BCUT2D eigenvalue weighted by Crippen LogP contribution is -2.11. The molecular weight excluding hydrogens is 307 g/mol. The molecule has 2 aromatic rings. The van der Waals surface area contributed by atoms with Crippen LogP contribution in [0.5, 0.6) is 5.75 Å². The molecule has 0 atom stereocenters. The van der Waals surface area contributed by atoms with Gasteiger partial charge in [0.1, 0.15) is 4.88 Å². The number of hydrogen-bond donors (Lipinski definition) is 1. The van der Waals surface area contributed by atoms with Crippen LogP contribution < -0.4 is 10.1 Å². The molecule has 1 heterocycles. The fraction of sp³-hybridized carbons (Fsp3) is 0.167. The van der Waals surface area contributed by atoms with Crippen molar-refractivity contribution >= 4 is 46.1 Å². The molecule has 0 unspecified atom stereocenters. The highest BCUT2D eigenvalue weighted by Gasteiger charge is 2.14. The summed E-state index contributed by atoms with van der Waals surface area (Å²) in [5.74, 6) is 0.146. The Balaban J connectivity index is 2.25. The fourth-order valence-electron chi connectivity index (χ4n) is 1.53. The molecule has 1 aromatic carbocycles. The van der Waals surface area contributed by atoms with E-state index in [4.69, 9.17) is 27.9 Å². The zero-order valence-electron chi connectivity index (χ0n) is 10.2. The van der Waals surface area contributed by atoms with Crippen molar-refractivity contribution in [3.8, 4) is 5.75 Å². The van der Waals surface area contributed by atoms with Gasteiger partial charge in [-0.15, -0.1) is 11.3 Å². The van der Waals surface area contributed by atoms with E-state index in [0.717, 1.165) is 0 Å². The lowest BCUT2D eigenvalue weighted by molar-refractivity contribution is 0.103. The second-order valence-electron chi connectivity index (χ2n) is 3.69. The first-order valence-corrected chi connectivity index (χ1v) is 6.91. The normalized spacial score (nSPS) is 10.3. The monoisotopic (exact) mass is 316 g/mol. The molecule has 0 aliphatic carbocycles. The second-order valence-corrected chi connectivity index (χ2v) is 5.36. The van der Waals surface area contributed by atoms with Crippen molar-refractivity contribution in [1.82, 2.24) is 4.98 Å². The number of nitrogens with one attached hydrogen (secondary N) is 1. The third-order valence-electron chi connectivity index (χ3n) is 2.41. The third-order valence-corrected chi connectivity index (χ3v) is 3.90. The number of rotatable bonds is 3.